The van der Waals surface area contributed by atoms with Gasteiger partial charge < -0.3 is 14.9 Å². The Kier molecular flexibility index (Phi) is 10.2. The Labute approximate surface area is 193 Å². The van der Waals surface area contributed by atoms with Gasteiger partial charge in [0.1, 0.15) is 0 Å². The van der Waals surface area contributed by atoms with Gasteiger partial charge in [-0.3, -0.25) is 0 Å². The summed E-state index contributed by atoms with van der Waals surface area (Å²) in [5.74, 6) is 1.60. The van der Waals surface area contributed by atoms with Crippen molar-refractivity contribution in [1.82, 2.24) is 0 Å². The summed E-state index contributed by atoms with van der Waals surface area (Å²) in [6.45, 7) is 10.3. The fourth-order valence-electron chi connectivity index (χ4n) is 6.05. The molecule has 2 aromatic carbocycles. The first-order chi connectivity index (χ1) is 12.4. The number of fused-ring (bicyclic) bond motifs is 2. The SMILES string of the molecule is CC1Cc2ccccc2[C@H]1[Si](C)(C)[C@@H]1c2ccccc2CC1C.[CH3-].[CH3-].[Cl][Zr+2][Cl]. The van der Waals surface area contributed by atoms with E-state index < -0.39 is 28.9 Å². The van der Waals surface area contributed by atoms with Gasteiger partial charge in [-0.15, -0.1) is 0 Å². The molecule has 4 atom stereocenters. The Morgan fingerprint density at radius 3 is 1.43 bits per heavy atom. The van der Waals surface area contributed by atoms with Crippen LogP contribution in [0.15, 0.2) is 48.5 Å². The summed E-state index contributed by atoms with van der Waals surface area (Å²) in [6, 6.07) is 18.5. The molecule has 28 heavy (non-hydrogen) atoms. The van der Waals surface area contributed by atoms with Crippen LogP contribution in [-0.2, 0) is 33.7 Å². The minimum atomic E-state index is -1.47. The number of rotatable bonds is 2. The zero-order valence-corrected chi connectivity index (χ0v) is 23.1. The van der Waals surface area contributed by atoms with Crippen LogP contribution in [0.5, 0.6) is 0 Å². The average Bonchev–Trinajstić information content (AvgIpc) is 3.11. The molecule has 0 N–H and O–H groups in total. The van der Waals surface area contributed by atoms with E-state index in [4.69, 9.17) is 17.0 Å². The molecule has 0 bridgehead atoms. The van der Waals surface area contributed by atoms with E-state index in [0.29, 0.717) is 0 Å². The normalized spacial score (nSPS) is 24.5. The molecule has 152 valence electrons. The van der Waals surface area contributed by atoms with Crippen molar-refractivity contribution in [3.05, 3.63) is 85.6 Å². The first kappa shape index (κ1) is 26.2. The fourth-order valence-corrected chi connectivity index (χ4v) is 11.8. The van der Waals surface area contributed by atoms with E-state index in [9.17, 15) is 0 Å². The summed E-state index contributed by atoms with van der Waals surface area (Å²) in [5, 5.41) is 0. The van der Waals surface area contributed by atoms with Crippen molar-refractivity contribution in [2.45, 2.75) is 50.9 Å². The van der Waals surface area contributed by atoms with Gasteiger partial charge >= 0.3 is 37.9 Å². The third-order valence-electron chi connectivity index (χ3n) is 6.61. The van der Waals surface area contributed by atoms with Crippen molar-refractivity contribution in [1.29, 1.82) is 0 Å². The number of hydrogen-bond donors (Lipinski definition) is 0. The van der Waals surface area contributed by atoms with E-state index in [1.165, 1.54) is 12.8 Å². The van der Waals surface area contributed by atoms with Crippen molar-refractivity contribution in [3.8, 4) is 0 Å². The average molecular weight is 513 g/mol. The summed E-state index contributed by atoms with van der Waals surface area (Å²) < 4.78 is 0. The fraction of sp³-hybridized carbons (Fsp3) is 0.417. The second-order valence-corrected chi connectivity index (χ2v) is 17.2. The van der Waals surface area contributed by atoms with Crippen LogP contribution in [0.3, 0.4) is 0 Å². The van der Waals surface area contributed by atoms with Gasteiger partial charge in [0.2, 0.25) is 0 Å². The van der Waals surface area contributed by atoms with Crippen molar-refractivity contribution in [3.63, 3.8) is 0 Å². The number of halogens is 2. The molecule has 0 aromatic heterocycles. The molecule has 0 saturated carbocycles. The van der Waals surface area contributed by atoms with Crippen LogP contribution < -0.4 is 0 Å². The summed E-state index contributed by atoms with van der Waals surface area (Å²) >= 11 is -0.826. The second-order valence-electron chi connectivity index (χ2n) is 8.61. The van der Waals surface area contributed by atoms with Crippen LogP contribution in [0.1, 0.15) is 47.2 Å². The Morgan fingerprint density at radius 1 is 0.750 bits per heavy atom. The molecule has 0 spiro atoms. The van der Waals surface area contributed by atoms with Gasteiger partial charge in [-0.2, -0.15) is 0 Å². The Morgan fingerprint density at radius 2 is 1.07 bits per heavy atom. The molecule has 2 aromatic rings. The van der Waals surface area contributed by atoms with Gasteiger partial charge in [-0.05, 0) is 58.0 Å². The predicted molar refractivity (Wildman–Crippen MR) is 126 cm³/mol. The van der Waals surface area contributed by atoms with Crippen molar-refractivity contribution < 1.29 is 20.8 Å². The van der Waals surface area contributed by atoms with Crippen LogP contribution in [0, 0.1) is 26.7 Å². The molecule has 0 nitrogen and oxygen atoms in total. The third kappa shape index (κ3) is 4.88. The van der Waals surface area contributed by atoms with E-state index >= 15 is 0 Å². The minimum absolute atomic E-state index is 0. The summed E-state index contributed by atoms with van der Waals surface area (Å²) in [5.41, 5.74) is 8.19. The van der Waals surface area contributed by atoms with Crippen LogP contribution in [0.4, 0.5) is 0 Å². The van der Waals surface area contributed by atoms with E-state index in [1.807, 2.05) is 0 Å². The third-order valence-corrected chi connectivity index (χ3v) is 11.6. The summed E-state index contributed by atoms with van der Waals surface area (Å²) in [4.78, 5) is 0. The van der Waals surface area contributed by atoms with E-state index in [1.54, 1.807) is 22.3 Å². The molecule has 0 amide bonds. The van der Waals surface area contributed by atoms with Crippen molar-refractivity contribution in [2.75, 3.05) is 0 Å². The van der Waals surface area contributed by atoms with Gasteiger partial charge in [-0.1, -0.05) is 75.5 Å². The molecule has 0 heterocycles. The molecule has 2 aliphatic carbocycles. The van der Waals surface area contributed by atoms with Crippen LogP contribution in [0.25, 0.3) is 0 Å². The molecule has 0 fully saturated rings. The van der Waals surface area contributed by atoms with Gasteiger partial charge in [0.05, 0.1) is 8.07 Å². The quantitative estimate of drug-likeness (QED) is 0.282. The molecule has 0 aliphatic heterocycles. The predicted octanol–water partition coefficient (Wildman–Crippen LogP) is 8.00. The number of benzene rings is 2. The van der Waals surface area contributed by atoms with E-state index in [0.717, 1.165) is 22.9 Å². The first-order valence-electron chi connectivity index (χ1n) is 9.53. The monoisotopic (exact) mass is 510 g/mol. The number of hydrogen-bond acceptors (Lipinski definition) is 0. The molecule has 4 heteroatoms. The maximum absolute atomic E-state index is 4.93. The van der Waals surface area contributed by atoms with Crippen molar-refractivity contribution in [2.24, 2.45) is 11.8 Å². The van der Waals surface area contributed by atoms with Crippen LogP contribution in [-0.4, -0.2) is 8.07 Å². The van der Waals surface area contributed by atoms with Gasteiger partial charge in [0, 0.05) is 0 Å². The van der Waals surface area contributed by atoms with E-state index in [-0.39, 0.29) is 14.9 Å². The molecule has 2 aliphatic rings. The van der Waals surface area contributed by atoms with Gasteiger partial charge in [-0.25, -0.2) is 0 Å². The molecule has 0 radical (unpaired) electrons. The molecular formula is C24H34Cl2SiZr. The first-order valence-corrected chi connectivity index (χ1v) is 19.0. The summed E-state index contributed by atoms with van der Waals surface area (Å²) in [7, 11) is 8.40. The molecular weight excluding hydrogens is 478 g/mol. The second kappa shape index (κ2) is 10.9. The zero-order valence-electron chi connectivity index (χ0n) is 18.1. The van der Waals surface area contributed by atoms with E-state index in [2.05, 4.69) is 75.5 Å². The maximum atomic E-state index is 4.93. The molecule has 4 rings (SSSR count). The summed E-state index contributed by atoms with van der Waals surface area (Å²) in [6.07, 6.45) is 2.56. The van der Waals surface area contributed by atoms with Gasteiger partial charge in [0.15, 0.2) is 0 Å². The zero-order chi connectivity index (χ0) is 18.9. The topological polar surface area (TPSA) is 0 Å². The van der Waals surface area contributed by atoms with Crippen LogP contribution in [0.2, 0.25) is 13.1 Å². The van der Waals surface area contributed by atoms with Crippen LogP contribution >= 0.6 is 17.0 Å². The van der Waals surface area contributed by atoms with Gasteiger partial charge in [0.25, 0.3) is 0 Å². The Hall–Kier alpha value is 0.120. The van der Waals surface area contributed by atoms with Crippen molar-refractivity contribution >= 4 is 25.1 Å². The Bertz CT molecular complexity index is 700. The molecule has 0 saturated heterocycles. The Balaban J connectivity index is 0.000000739. The standard InChI is InChI=1S/C22H28Si.2CH3.2ClH.Zr/c1-15-13-17-9-5-7-11-19(17)21(15)23(3,4)22-16(2)14-18-10-6-8-12-20(18)22;;;;;/h5-12,15-16,21-22H,13-14H2,1-4H3;2*1H3;2*1H;/q;2*-1;;;+4/p-2/t15?,16?,21-,22-;;;;;/m0...../s1. The molecule has 2 unspecified atom stereocenters.